The number of hydrogen-bond acceptors (Lipinski definition) is 4. The summed E-state index contributed by atoms with van der Waals surface area (Å²) < 4.78 is 5.16. The van der Waals surface area contributed by atoms with E-state index in [0.29, 0.717) is 0 Å². The molecular weight excluding hydrogens is 272 g/mol. The Bertz CT molecular complexity index is 445. The molecule has 5 heteroatoms. The van der Waals surface area contributed by atoms with E-state index < -0.39 is 0 Å². The Morgan fingerprint density at radius 3 is 2.65 bits per heavy atom. The van der Waals surface area contributed by atoms with E-state index in [-0.39, 0.29) is 11.2 Å². The maximum absolute atomic E-state index is 12.4. The van der Waals surface area contributed by atoms with Crippen LogP contribution in [0, 0.1) is 19.8 Å². The molecule has 0 N–H and O–H groups in total. The lowest BCUT2D eigenvalue weighted by Gasteiger charge is -2.32. The molecule has 4 nitrogen and oxygen atoms in total. The number of thioether (sulfide) groups is 1. The van der Waals surface area contributed by atoms with Crippen LogP contribution < -0.4 is 0 Å². The number of rotatable bonds is 4. The molecular formula is C15H24N2O2S. The minimum absolute atomic E-state index is 0.00268. The van der Waals surface area contributed by atoms with E-state index in [1.165, 1.54) is 0 Å². The molecule has 1 aliphatic heterocycles. The van der Waals surface area contributed by atoms with Crippen LogP contribution in [-0.4, -0.2) is 34.3 Å². The summed E-state index contributed by atoms with van der Waals surface area (Å²) in [5.41, 5.74) is 2.06. The summed E-state index contributed by atoms with van der Waals surface area (Å²) in [5, 5.41) is 3.95. The maximum atomic E-state index is 12.4. The fourth-order valence-corrected chi connectivity index (χ4v) is 3.59. The fourth-order valence-electron chi connectivity index (χ4n) is 2.47. The van der Waals surface area contributed by atoms with Crippen LogP contribution in [0.25, 0.3) is 0 Å². The zero-order chi connectivity index (χ0) is 14.7. The highest BCUT2D eigenvalue weighted by Crippen LogP contribution is 2.25. The molecule has 2 rings (SSSR count). The van der Waals surface area contributed by atoms with Crippen LogP contribution in [0.15, 0.2) is 4.52 Å². The van der Waals surface area contributed by atoms with Gasteiger partial charge in [-0.05, 0) is 39.5 Å². The highest BCUT2D eigenvalue weighted by Gasteiger charge is 2.25. The molecule has 1 aromatic heterocycles. The van der Waals surface area contributed by atoms with E-state index in [2.05, 4.69) is 12.1 Å². The van der Waals surface area contributed by atoms with Gasteiger partial charge in [-0.3, -0.25) is 4.79 Å². The molecule has 2 heterocycles. The molecule has 1 amide bonds. The third-order valence-electron chi connectivity index (χ3n) is 4.10. The van der Waals surface area contributed by atoms with Gasteiger partial charge in [0.05, 0.1) is 10.9 Å². The Labute approximate surface area is 125 Å². The van der Waals surface area contributed by atoms with Crippen molar-refractivity contribution in [1.29, 1.82) is 0 Å². The molecule has 1 atom stereocenters. The molecule has 20 heavy (non-hydrogen) atoms. The van der Waals surface area contributed by atoms with Gasteiger partial charge in [-0.2, -0.15) is 0 Å². The number of aryl methyl sites for hydroxylation is 2. The summed E-state index contributed by atoms with van der Waals surface area (Å²) >= 11 is 1.67. The number of carbonyl (C=O) groups is 1. The van der Waals surface area contributed by atoms with Crippen LogP contribution in [0.5, 0.6) is 0 Å². The van der Waals surface area contributed by atoms with Crippen molar-refractivity contribution in [1.82, 2.24) is 10.1 Å². The Hall–Kier alpha value is -0.970. The van der Waals surface area contributed by atoms with Crippen molar-refractivity contribution < 1.29 is 9.32 Å². The summed E-state index contributed by atoms with van der Waals surface area (Å²) in [7, 11) is 0. The van der Waals surface area contributed by atoms with Gasteiger partial charge < -0.3 is 9.42 Å². The van der Waals surface area contributed by atoms with Crippen molar-refractivity contribution in [3.05, 3.63) is 17.0 Å². The van der Waals surface area contributed by atoms with Gasteiger partial charge in [0.25, 0.3) is 0 Å². The fraction of sp³-hybridized carbons (Fsp3) is 0.733. The molecule has 0 aromatic carbocycles. The molecule has 0 radical (unpaired) electrons. The highest BCUT2D eigenvalue weighted by atomic mass is 32.2. The third-order valence-corrected chi connectivity index (χ3v) is 5.26. The first kappa shape index (κ1) is 15.4. The number of amides is 1. The standard InChI is InChI=1S/C15H24N2O2S/c1-10-5-7-17(8-6-10)15(18)13(4)20-9-14-11(2)16-19-12(14)3/h10,13H,5-9H2,1-4H3. The summed E-state index contributed by atoms with van der Waals surface area (Å²) in [4.78, 5) is 14.4. The summed E-state index contributed by atoms with van der Waals surface area (Å²) in [6.07, 6.45) is 2.26. The largest absolute Gasteiger partial charge is 0.361 e. The first-order valence-corrected chi connectivity index (χ1v) is 8.36. The number of carbonyl (C=O) groups excluding carboxylic acids is 1. The second kappa shape index (κ2) is 6.66. The van der Waals surface area contributed by atoms with E-state index in [4.69, 9.17) is 4.52 Å². The Morgan fingerprint density at radius 1 is 1.45 bits per heavy atom. The number of nitrogens with zero attached hydrogens (tertiary/aromatic N) is 2. The van der Waals surface area contributed by atoms with Gasteiger partial charge in [-0.1, -0.05) is 12.1 Å². The van der Waals surface area contributed by atoms with Gasteiger partial charge in [-0.25, -0.2) is 0 Å². The molecule has 1 aromatic rings. The van der Waals surface area contributed by atoms with E-state index in [9.17, 15) is 4.79 Å². The average Bonchev–Trinajstić information content (AvgIpc) is 2.75. The molecule has 1 unspecified atom stereocenters. The smallest absolute Gasteiger partial charge is 0.235 e. The van der Waals surface area contributed by atoms with Gasteiger partial charge in [0.1, 0.15) is 5.76 Å². The third kappa shape index (κ3) is 3.57. The van der Waals surface area contributed by atoms with Gasteiger partial charge in [-0.15, -0.1) is 11.8 Å². The number of piperidine rings is 1. The average molecular weight is 296 g/mol. The molecule has 0 spiro atoms. The number of aromatic nitrogens is 1. The number of hydrogen-bond donors (Lipinski definition) is 0. The zero-order valence-electron chi connectivity index (χ0n) is 12.8. The van der Waals surface area contributed by atoms with Crippen molar-refractivity contribution in [3.8, 4) is 0 Å². The molecule has 0 aliphatic carbocycles. The molecule has 0 bridgehead atoms. The second-order valence-corrected chi connectivity index (χ2v) is 7.09. The normalized spacial score (nSPS) is 18.3. The molecule has 112 valence electrons. The van der Waals surface area contributed by atoms with Crippen molar-refractivity contribution in [2.75, 3.05) is 13.1 Å². The van der Waals surface area contributed by atoms with Crippen LogP contribution in [0.3, 0.4) is 0 Å². The van der Waals surface area contributed by atoms with Crippen molar-refractivity contribution >= 4 is 17.7 Å². The predicted molar refractivity (Wildman–Crippen MR) is 81.7 cm³/mol. The molecule has 1 fully saturated rings. The van der Waals surface area contributed by atoms with Crippen LogP contribution in [-0.2, 0) is 10.5 Å². The van der Waals surface area contributed by atoms with E-state index in [0.717, 1.165) is 54.6 Å². The maximum Gasteiger partial charge on any atom is 0.235 e. The van der Waals surface area contributed by atoms with Crippen LogP contribution in [0.4, 0.5) is 0 Å². The lowest BCUT2D eigenvalue weighted by atomic mass is 9.99. The quantitative estimate of drug-likeness (QED) is 0.856. The van der Waals surface area contributed by atoms with Gasteiger partial charge >= 0.3 is 0 Å². The molecule has 1 aliphatic rings. The Morgan fingerprint density at radius 2 is 2.10 bits per heavy atom. The Kier molecular flexibility index (Phi) is 5.13. The minimum Gasteiger partial charge on any atom is -0.361 e. The monoisotopic (exact) mass is 296 g/mol. The van der Waals surface area contributed by atoms with Crippen LogP contribution in [0.2, 0.25) is 0 Å². The summed E-state index contributed by atoms with van der Waals surface area (Å²) in [5.74, 6) is 2.68. The van der Waals surface area contributed by atoms with Gasteiger partial charge in [0.2, 0.25) is 5.91 Å². The molecule has 1 saturated heterocycles. The minimum atomic E-state index is -0.00268. The van der Waals surface area contributed by atoms with Crippen molar-refractivity contribution in [3.63, 3.8) is 0 Å². The summed E-state index contributed by atoms with van der Waals surface area (Å²) in [6.45, 7) is 9.96. The first-order valence-electron chi connectivity index (χ1n) is 7.31. The van der Waals surface area contributed by atoms with E-state index in [1.807, 2.05) is 25.7 Å². The Balaban J connectivity index is 1.85. The van der Waals surface area contributed by atoms with E-state index in [1.54, 1.807) is 11.8 Å². The summed E-state index contributed by atoms with van der Waals surface area (Å²) in [6, 6.07) is 0. The van der Waals surface area contributed by atoms with Gasteiger partial charge in [0, 0.05) is 24.4 Å². The molecule has 0 saturated carbocycles. The van der Waals surface area contributed by atoms with Gasteiger partial charge in [0.15, 0.2) is 0 Å². The second-order valence-electron chi connectivity index (χ2n) is 5.76. The van der Waals surface area contributed by atoms with E-state index >= 15 is 0 Å². The van der Waals surface area contributed by atoms with Crippen molar-refractivity contribution in [2.24, 2.45) is 5.92 Å². The SMILES string of the molecule is Cc1noc(C)c1CSC(C)C(=O)N1CCC(C)CC1. The number of likely N-dealkylation sites (tertiary alicyclic amines) is 1. The zero-order valence-corrected chi connectivity index (χ0v) is 13.6. The lowest BCUT2D eigenvalue weighted by Crippen LogP contribution is -2.41. The predicted octanol–water partition coefficient (Wildman–Crippen LogP) is 3.17. The first-order chi connectivity index (χ1) is 9.49. The lowest BCUT2D eigenvalue weighted by molar-refractivity contribution is -0.131. The van der Waals surface area contributed by atoms with Crippen LogP contribution >= 0.6 is 11.8 Å². The topological polar surface area (TPSA) is 46.3 Å². The van der Waals surface area contributed by atoms with Crippen molar-refractivity contribution in [2.45, 2.75) is 51.5 Å². The highest BCUT2D eigenvalue weighted by molar-refractivity contribution is 7.99. The van der Waals surface area contributed by atoms with Crippen LogP contribution in [0.1, 0.15) is 43.7 Å².